The van der Waals surface area contributed by atoms with Crippen molar-refractivity contribution in [3.8, 4) is 33.2 Å². The van der Waals surface area contributed by atoms with Gasteiger partial charge in [0.2, 0.25) is 0 Å². The molecule has 0 amide bonds. The number of hydrogen-bond donors (Lipinski definition) is 0. The normalized spacial score (nSPS) is 19.7. The average molecular weight is 901 g/mol. The molecular formula is C61H52N6S. The lowest BCUT2D eigenvalue weighted by Gasteiger charge is -2.32. The third-order valence-corrected chi connectivity index (χ3v) is 15.2. The second-order valence-electron chi connectivity index (χ2n) is 18.4. The van der Waals surface area contributed by atoms with Crippen molar-refractivity contribution in [2.45, 2.75) is 71.6 Å². The molecule has 0 fully saturated rings. The van der Waals surface area contributed by atoms with Crippen molar-refractivity contribution >= 4 is 39.2 Å². The molecular weight excluding hydrogens is 849 g/mol. The van der Waals surface area contributed by atoms with E-state index >= 15 is 0 Å². The van der Waals surface area contributed by atoms with Crippen LogP contribution in [0.25, 0.3) is 61.1 Å². The maximum Gasteiger partial charge on any atom is 0.173 e. The fraction of sp³-hybridized carbons (Fsp3) is 0.180. The Morgan fingerprint density at radius 3 is 1.82 bits per heavy atom. The Kier molecular flexibility index (Phi) is 11.0. The Hall–Kier alpha value is -7.48. The maximum atomic E-state index is 5.20. The maximum absolute atomic E-state index is 5.20. The second-order valence-corrected chi connectivity index (χ2v) is 19.4. The predicted molar refractivity (Wildman–Crippen MR) is 282 cm³/mol. The van der Waals surface area contributed by atoms with Crippen molar-refractivity contribution < 1.29 is 0 Å². The summed E-state index contributed by atoms with van der Waals surface area (Å²) in [6, 6.07) is 38.1. The first-order valence-corrected chi connectivity index (χ1v) is 24.5. The topological polar surface area (TPSA) is 77.3 Å². The summed E-state index contributed by atoms with van der Waals surface area (Å²) in [4.78, 5) is 31.7. The van der Waals surface area contributed by atoms with E-state index < -0.39 is 10.8 Å². The minimum absolute atomic E-state index is 0.433. The molecule has 0 aliphatic heterocycles. The van der Waals surface area contributed by atoms with Gasteiger partial charge in [0.25, 0.3) is 0 Å². The van der Waals surface area contributed by atoms with E-state index in [1.165, 1.54) is 55.7 Å². The number of benzene rings is 4. The predicted octanol–water partition coefficient (Wildman–Crippen LogP) is 15.0. The first-order valence-electron chi connectivity index (χ1n) is 23.6. The third-order valence-electron chi connectivity index (χ3n) is 14.3. The SMILES string of the molecule is CC=CC=C(C)c1nc(C(C)=CC=CC)nc(-c2ccc3c(c2)C(C)(c2ccccc2)c2cc4c(cc2-3)C(C)(c2ccccc2)C2=C4CCC(c3nc(C4=CC=CC4)nc(-c4cccs4)n3)=C2)n1. The molecule has 0 spiro atoms. The lowest BCUT2D eigenvalue weighted by atomic mass is 9.71. The Bertz CT molecular complexity index is 3370. The zero-order valence-corrected chi connectivity index (χ0v) is 40.2. The number of hydrogen-bond acceptors (Lipinski definition) is 7. The van der Waals surface area contributed by atoms with Crippen molar-refractivity contribution in [3.63, 3.8) is 0 Å². The molecule has 7 heteroatoms. The molecule has 3 aromatic heterocycles. The van der Waals surface area contributed by atoms with Gasteiger partial charge in [0.15, 0.2) is 34.9 Å². The van der Waals surface area contributed by atoms with E-state index in [2.05, 4.69) is 173 Å². The van der Waals surface area contributed by atoms with Gasteiger partial charge in [-0.2, -0.15) is 0 Å². The van der Waals surface area contributed by atoms with Crippen molar-refractivity contribution in [1.29, 1.82) is 0 Å². The lowest BCUT2D eigenvalue weighted by molar-refractivity contribution is 0.698. The van der Waals surface area contributed by atoms with Gasteiger partial charge >= 0.3 is 0 Å². The van der Waals surface area contributed by atoms with Gasteiger partial charge in [-0.3, -0.25) is 0 Å². The molecule has 0 saturated heterocycles. The minimum atomic E-state index is -0.468. The highest BCUT2D eigenvalue weighted by atomic mass is 32.1. The van der Waals surface area contributed by atoms with Gasteiger partial charge in [0.1, 0.15) is 0 Å². The van der Waals surface area contributed by atoms with Gasteiger partial charge in [-0.15, -0.1) is 11.3 Å². The Balaban J connectivity index is 1.09. The fourth-order valence-electron chi connectivity index (χ4n) is 10.6. The lowest BCUT2D eigenvalue weighted by Crippen LogP contribution is -2.25. The van der Waals surface area contributed by atoms with Crippen LogP contribution < -0.4 is 0 Å². The quantitative estimate of drug-likeness (QED) is 0.127. The number of nitrogens with zero attached hydrogens (tertiary/aromatic N) is 6. The molecule has 0 saturated carbocycles. The van der Waals surface area contributed by atoms with Crippen LogP contribution in [0, 0.1) is 0 Å². The number of thiophene rings is 1. The molecule has 4 aliphatic carbocycles. The first-order chi connectivity index (χ1) is 33.2. The summed E-state index contributed by atoms with van der Waals surface area (Å²) >= 11 is 1.66. The Morgan fingerprint density at radius 1 is 0.574 bits per heavy atom. The molecule has 332 valence electrons. The summed E-state index contributed by atoms with van der Waals surface area (Å²) in [5.41, 5.74) is 17.2. The summed E-state index contributed by atoms with van der Waals surface area (Å²) in [7, 11) is 0. The zero-order valence-electron chi connectivity index (χ0n) is 39.4. The highest BCUT2D eigenvalue weighted by Crippen LogP contribution is 2.60. The van der Waals surface area contributed by atoms with Crippen LogP contribution in [-0.2, 0) is 10.8 Å². The van der Waals surface area contributed by atoms with Gasteiger partial charge in [-0.05, 0) is 163 Å². The smallest absolute Gasteiger partial charge is 0.173 e. The van der Waals surface area contributed by atoms with E-state index in [9.17, 15) is 0 Å². The van der Waals surface area contributed by atoms with Crippen molar-refractivity contribution in [2.24, 2.45) is 0 Å². The molecule has 2 atom stereocenters. The van der Waals surface area contributed by atoms with Gasteiger partial charge in [-0.25, -0.2) is 29.9 Å². The summed E-state index contributed by atoms with van der Waals surface area (Å²) in [6.07, 6.45) is 23.6. The summed E-state index contributed by atoms with van der Waals surface area (Å²) in [5.74, 6) is 4.24. The number of aromatic nitrogens is 6. The standard InChI is InChI=1S/C61H52N6S/c1-7-9-20-38(3)54-62-55(39(4)21-10-8-2)64-57(63-54)41-29-31-45-47-36-52-48(37-51(47)60(5,49(45)34-41)43-24-13-11-14-25-43)46-32-30-42(35-50(46)61(52,6)44-26-15-12-16-27-44)58-65-56(40-22-17-18-23-40)66-59(67-58)53-28-19-33-68-53/h7-22,24-29,31,33-37H,23,30,32H2,1-6H3. The first kappa shape index (κ1) is 43.1. The molecule has 6 nitrogen and oxygen atoms in total. The van der Waals surface area contributed by atoms with Crippen LogP contribution in [0.1, 0.15) is 117 Å². The van der Waals surface area contributed by atoms with Crippen molar-refractivity contribution in [1.82, 2.24) is 29.9 Å². The van der Waals surface area contributed by atoms with E-state index in [1.54, 1.807) is 11.3 Å². The third kappa shape index (κ3) is 7.15. The van der Waals surface area contributed by atoms with E-state index in [4.69, 9.17) is 29.9 Å². The van der Waals surface area contributed by atoms with Gasteiger partial charge in [0, 0.05) is 22.0 Å². The van der Waals surface area contributed by atoms with E-state index in [1.807, 2.05) is 38.2 Å². The monoisotopic (exact) mass is 900 g/mol. The molecule has 0 N–H and O–H groups in total. The summed E-state index contributed by atoms with van der Waals surface area (Å²) in [5, 5.41) is 2.09. The largest absolute Gasteiger partial charge is 0.209 e. The van der Waals surface area contributed by atoms with Crippen molar-refractivity contribution in [3.05, 3.63) is 232 Å². The van der Waals surface area contributed by atoms with E-state index in [-0.39, 0.29) is 0 Å². The van der Waals surface area contributed by atoms with Crippen LogP contribution in [-0.4, -0.2) is 29.9 Å². The molecule has 2 unspecified atom stereocenters. The second kappa shape index (κ2) is 17.3. The van der Waals surface area contributed by atoms with E-state index in [0.717, 1.165) is 69.5 Å². The van der Waals surface area contributed by atoms with Gasteiger partial charge < -0.3 is 0 Å². The Morgan fingerprint density at radius 2 is 1.19 bits per heavy atom. The Labute approximate surface area is 403 Å². The van der Waals surface area contributed by atoms with Crippen LogP contribution in [0.2, 0.25) is 0 Å². The molecule has 0 bridgehead atoms. The molecule has 3 heterocycles. The van der Waals surface area contributed by atoms with Gasteiger partial charge in [0.05, 0.1) is 4.88 Å². The highest BCUT2D eigenvalue weighted by molar-refractivity contribution is 7.13. The van der Waals surface area contributed by atoms with Crippen LogP contribution in [0.4, 0.5) is 0 Å². The number of rotatable bonds is 10. The molecule has 4 aromatic carbocycles. The molecule has 7 aromatic rings. The zero-order chi connectivity index (χ0) is 46.6. The summed E-state index contributed by atoms with van der Waals surface area (Å²) < 4.78 is 0. The van der Waals surface area contributed by atoms with Gasteiger partial charge in [-0.1, -0.05) is 140 Å². The minimum Gasteiger partial charge on any atom is -0.209 e. The molecule has 11 rings (SSSR count). The van der Waals surface area contributed by atoms with E-state index in [0.29, 0.717) is 17.5 Å². The number of fused-ring (bicyclic) bond motifs is 5. The molecule has 68 heavy (non-hydrogen) atoms. The van der Waals surface area contributed by atoms with Crippen molar-refractivity contribution in [2.75, 3.05) is 0 Å². The highest BCUT2D eigenvalue weighted by Gasteiger charge is 2.48. The molecule has 0 radical (unpaired) electrons. The van der Waals surface area contributed by atoms with Crippen LogP contribution >= 0.6 is 11.3 Å². The van der Waals surface area contributed by atoms with Crippen LogP contribution in [0.5, 0.6) is 0 Å². The number of allylic oxidation sites excluding steroid dienone is 16. The fourth-order valence-corrected chi connectivity index (χ4v) is 11.3. The van der Waals surface area contributed by atoms with Crippen LogP contribution in [0.15, 0.2) is 175 Å². The van der Waals surface area contributed by atoms with Crippen LogP contribution in [0.3, 0.4) is 0 Å². The summed E-state index contributed by atoms with van der Waals surface area (Å²) in [6.45, 7) is 13.0. The average Bonchev–Trinajstić information content (AvgIpc) is 4.22. The molecule has 4 aliphatic rings.